The number of thiazole rings is 1. The van der Waals surface area contributed by atoms with Gasteiger partial charge in [-0.3, -0.25) is 9.11 Å². The Bertz CT molecular complexity index is 1930. The van der Waals surface area contributed by atoms with Gasteiger partial charge in [0.25, 0.3) is 20.2 Å². The molecule has 0 aliphatic carbocycles. The number of aromatic nitrogens is 3. The number of nitrogens with zero attached hydrogens (tertiary/aromatic N) is 5. The summed E-state index contributed by atoms with van der Waals surface area (Å²) in [6.07, 6.45) is 0. The second kappa shape index (κ2) is 8.42. The molecule has 0 fully saturated rings. The summed E-state index contributed by atoms with van der Waals surface area (Å²) in [5, 5.41) is 13.8. The molecule has 0 atom stereocenters. The Morgan fingerprint density at radius 1 is 0.944 bits per heavy atom. The van der Waals surface area contributed by atoms with E-state index in [1.54, 1.807) is 31.2 Å². The van der Waals surface area contributed by atoms with E-state index in [0.717, 1.165) is 11.3 Å². The SMILES string of the molecule is Cc1nn(-c2ccc(S(=O)(=O)O)c3ccccc23)c(N)c1N=Nc1nc2cc(S(=O)(=O)O)ccc2s1. The average molecular weight is 545 g/mol. The van der Waals surface area contributed by atoms with E-state index in [1.165, 1.54) is 35.0 Å². The first-order chi connectivity index (χ1) is 16.9. The Labute approximate surface area is 208 Å². The van der Waals surface area contributed by atoms with Gasteiger partial charge in [-0.1, -0.05) is 35.6 Å². The number of nitrogens with two attached hydrogens (primary N) is 1. The molecule has 36 heavy (non-hydrogen) atoms. The number of aryl methyl sites for hydroxylation is 1. The molecule has 5 aromatic rings. The van der Waals surface area contributed by atoms with Crippen LogP contribution in [0, 0.1) is 6.92 Å². The number of azo groups is 1. The summed E-state index contributed by atoms with van der Waals surface area (Å²) in [5.74, 6) is 0.135. The van der Waals surface area contributed by atoms with Crippen LogP contribution in [-0.2, 0) is 20.2 Å². The van der Waals surface area contributed by atoms with Crippen molar-refractivity contribution in [3.05, 3.63) is 60.3 Å². The lowest BCUT2D eigenvalue weighted by molar-refractivity contribution is 0.481. The minimum Gasteiger partial charge on any atom is -0.382 e. The largest absolute Gasteiger partial charge is 0.382 e. The highest BCUT2D eigenvalue weighted by Crippen LogP contribution is 2.36. The van der Waals surface area contributed by atoms with E-state index in [-0.39, 0.29) is 26.4 Å². The quantitative estimate of drug-likeness (QED) is 0.212. The van der Waals surface area contributed by atoms with Crippen molar-refractivity contribution >= 4 is 69.2 Å². The highest BCUT2D eigenvalue weighted by molar-refractivity contribution is 7.86. The second-order valence-corrected chi connectivity index (χ2v) is 11.5. The van der Waals surface area contributed by atoms with Crippen molar-refractivity contribution < 1.29 is 25.9 Å². The van der Waals surface area contributed by atoms with Gasteiger partial charge in [-0.2, -0.15) is 21.9 Å². The molecular formula is C21H16N6O6S3. The Balaban J connectivity index is 1.56. The van der Waals surface area contributed by atoms with Crippen molar-refractivity contribution in [1.82, 2.24) is 14.8 Å². The molecule has 0 amide bonds. The predicted octanol–water partition coefficient (Wildman–Crippen LogP) is 4.43. The monoisotopic (exact) mass is 544 g/mol. The maximum atomic E-state index is 11.8. The first-order valence-electron chi connectivity index (χ1n) is 10.1. The van der Waals surface area contributed by atoms with Crippen LogP contribution in [-0.4, -0.2) is 40.7 Å². The normalized spacial score (nSPS) is 12.8. The van der Waals surface area contributed by atoms with Crippen LogP contribution in [0.2, 0.25) is 0 Å². The molecule has 0 spiro atoms. The zero-order valence-electron chi connectivity index (χ0n) is 18.3. The van der Waals surface area contributed by atoms with Gasteiger partial charge in [-0.05, 0) is 37.3 Å². The van der Waals surface area contributed by atoms with Crippen molar-refractivity contribution in [3.63, 3.8) is 0 Å². The molecule has 0 bridgehead atoms. The molecule has 15 heteroatoms. The molecule has 4 N–H and O–H groups in total. The van der Waals surface area contributed by atoms with Gasteiger partial charge in [0, 0.05) is 10.8 Å². The average Bonchev–Trinajstić information content (AvgIpc) is 3.34. The summed E-state index contributed by atoms with van der Waals surface area (Å²) in [4.78, 5) is 3.71. The topological polar surface area (TPSA) is 190 Å². The molecule has 184 valence electrons. The van der Waals surface area contributed by atoms with Crippen LogP contribution >= 0.6 is 11.3 Å². The number of nitrogen functional groups attached to an aromatic ring is 1. The fourth-order valence-corrected chi connectivity index (χ4v) is 5.66. The molecule has 3 aromatic carbocycles. The van der Waals surface area contributed by atoms with E-state index in [1.807, 2.05) is 0 Å². The van der Waals surface area contributed by atoms with Crippen LogP contribution in [0.3, 0.4) is 0 Å². The van der Waals surface area contributed by atoms with Crippen LogP contribution in [0.5, 0.6) is 0 Å². The van der Waals surface area contributed by atoms with Gasteiger partial charge in [0.15, 0.2) is 11.5 Å². The Morgan fingerprint density at radius 3 is 2.36 bits per heavy atom. The Kier molecular flexibility index (Phi) is 5.60. The summed E-state index contributed by atoms with van der Waals surface area (Å²) in [6, 6.07) is 13.4. The van der Waals surface area contributed by atoms with Crippen molar-refractivity contribution in [2.45, 2.75) is 16.7 Å². The first kappa shape index (κ1) is 24.0. The third-order valence-corrected chi connectivity index (χ3v) is 7.99. The number of benzene rings is 3. The molecule has 2 heterocycles. The number of rotatable bonds is 5. The van der Waals surface area contributed by atoms with Crippen molar-refractivity contribution in [2.24, 2.45) is 10.2 Å². The minimum atomic E-state index is -4.45. The van der Waals surface area contributed by atoms with Crippen LogP contribution in [0.4, 0.5) is 16.6 Å². The van der Waals surface area contributed by atoms with Crippen LogP contribution in [0.15, 0.2) is 74.6 Å². The third-order valence-electron chi connectivity index (χ3n) is 5.31. The summed E-state index contributed by atoms with van der Waals surface area (Å²) < 4.78 is 67.2. The lowest BCUT2D eigenvalue weighted by atomic mass is 10.1. The van der Waals surface area contributed by atoms with E-state index in [0.29, 0.717) is 32.4 Å². The molecule has 0 radical (unpaired) electrons. The zero-order valence-corrected chi connectivity index (χ0v) is 20.7. The fourth-order valence-electron chi connectivity index (χ4n) is 3.70. The predicted molar refractivity (Wildman–Crippen MR) is 134 cm³/mol. The number of fused-ring (bicyclic) bond motifs is 2. The van der Waals surface area contributed by atoms with E-state index < -0.39 is 20.2 Å². The molecule has 0 saturated heterocycles. The second-order valence-electron chi connectivity index (χ2n) is 7.64. The Morgan fingerprint density at radius 2 is 1.67 bits per heavy atom. The van der Waals surface area contributed by atoms with E-state index >= 15 is 0 Å². The standard InChI is InChI=1S/C21H16N6O6S3/c1-11-19(24-25-21-23-15-10-12(35(28,29)30)6-8-17(15)34-21)20(22)27(26-11)16-7-9-18(36(31,32)33)14-5-3-2-4-13(14)16/h2-10H,22H2,1H3,(H,28,29,30)(H,31,32,33). The number of anilines is 1. The number of hydrogen-bond acceptors (Lipinski definition) is 10. The van der Waals surface area contributed by atoms with Crippen molar-refractivity contribution in [1.29, 1.82) is 0 Å². The number of hydrogen-bond donors (Lipinski definition) is 3. The maximum Gasteiger partial charge on any atom is 0.295 e. The summed E-state index contributed by atoms with van der Waals surface area (Å²) in [7, 11) is -8.82. The van der Waals surface area contributed by atoms with Crippen LogP contribution < -0.4 is 5.73 Å². The summed E-state index contributed by atoms with van der Waals surface area (Å²) in [6.45, 7) is 1.67. The molecular weight excluding hydrogens is 528 g/mol. The van der Waals surface area contributed by atoms with Gasteiger partial charge in [0.05, 0.1) is 26.5 Å². The Hall–Kier alpha value is -3.76. The van der Waals surface area contributed by atoms with E-state index in [2.05, 4.69) is 20.3 Å². The van der Waals surface area contributed by atoms with Gasteiger partial charge >= 0.3 is 0 Å². The van der Waals surface area contributed by atoms with Crippen molar-refractivity contribution in [3.8, 4) is 5.69 Å². The highest BCUT2D eigenvalue weighted by Gasteiger charge is 2.20. The van der Waals surface area contributed by atoms with Gasteiger partial charge in [0.2, 0.25) is 5.13 Å². The zero-order chi connectivity index (χ0) is 25.8. The van der Waals surface area contributed by atoms with Gasteiger partial charge in [-0.15, -0.1) is 10.2 Å². The first-order valence-corrected chi connectivity index (χ1v) is 13.8. The van der Waals surface area contributed by atoms with Gasteiger partial charge in [0.1, 0.15) is 4.90 Å². The lowest BCUT2D eigenvalue weighted by Gasteiger charge is -2.11. The molecule has 0 saturated carbocycles. The minimum absolute atomic E-state index is 0.135. The molecule has 5 rings (SSSR count). The van der Waals surface area contributed by atoms with Crippen molar-refractivity contribution in [2.75, 3.05) is 5.73 Å². The van der Waals surface area contributed by atoms with Gasteiger partial charge in [-0.25, -0.2) is 9.67 Å². The van der Waals surface area contributed by atoms with Crippen LogP contribution in [0.1, 0.15) is 5.69 Å². The molecule has 0 aliphatic heterocycles. The van der Waals surface area contributed by atoms with Gasteiger partial charge < -0.3 is 5.73 Å². The van der Waals surface area contributed by atoms with Crippen LogP contribution in [0.25, 0.3) is 26.7 Å². The fraction of sp³-hybridized carbons (Fsp3) is 0.0476. The lowest BCUT2D eigenvalue weighted by Crippen LogP contribution is -2.05. The molecule has 12 nitrogen and oxygen atoms in total. The molecule has 2 aromatic heterocycles. The molecule has 0 aliphatic rings. The summed E-state index contributed by atoms with van der Waals surface area (Å²) >= 11 is 1.16. The van der Waals surface area contributed by atoms with E-state index in [4.69, 9.17) is 5.73 Å². The molecule has 0 unspecified atom stereocenters. The maximum absolute atomic E-state index is 11.8. The highest BCUT2D eigenvalue weighted by atomic mass is 32.2. The van der Waals surface area contributed by atoms with E-state index in [9.17, 15) is 25.9 Å². The third kappa shape index (κ3) is 4.22. The summed E-state index contributed by atoms with van der Waals surface area (Å²) in [5.41, 5.74) is 7.82. The smallest absolute Gasteiger partial charge is 0.295 e.